The summed E-state index contributed by atoms with van der Waals surface area (Å²) in [6.45, 7) is 3.83. The van der Waals surface area contributed by atoms with Gasteiger partial charge in [-0.25, -0.2) is 13.1 Å². The molecule has 0 aromatic carbocycles. The Hall–Kier alpha value is -0.130. The normalized spacial score (nSPS) is 28.3. The molecule has 0 amide bonds. The summed E-state index contributed by atoms with van der Waals surface area (Å²) in [5.74, 6) is 0.392. The Bertz CT molecular complexity index is 280. The Balaban J connectivity index is 2.41. The van der Waals surface area contributed by atoms with Gasteiger partial charge in [0.15, 0.2) is 0 Å². The zero-order valence-electron chi connectivity index (χ0n) is 9.57. The van der Waals surface area contributed by atoms with Crippen LogP contribution in [0.2, 0.25) is 0 Å². The summed E-state index contributed by atoms with van der Waals surface area (Å²) in [6, 6.07) is 0.365. The lowest BCUT2D eigenvalue weighted by molar-refractivity contribution is 0.373. The molecule has 0 bridgehead atoms. The average Bonchev–Trinajstić information content (AvgIpc) is 2.06. The van der Waals surface area contributed by atoms with E-state index >= 15 is 0 Å². The fraction of sp³-hybridized carbons (Fsp3) is 1.00. The first-order valence-electron chi connectivity index (χ1n) is 5.64. The predicted molar refractivity (Wildman–Crippen MR) is 62.0 cm³/mol. The minimum absolute atomic E-state index is 0.105. The number of hydrogen-bond donors (Lipinski definition) is 2. The van der Waals surface area contributed by atoms with Crippen LogP contribution in [0.3, 0.4) is 0 Å². The van der Waals surface area contributed by atoms with Crippen LogP contribution in [0.5, 0.6) is 0 Å². The number of nitrogens with one attached hydrogen (secondary N) is 1. The van der Waals surface area contributed by atoms with Gasteiger partial charge in [-0.2, -0.15) is 0 Å². The highest BCUT2D eigenvalue weighted by atomic mass is 32.2. The standard InChI is InChI=1S/C10H22N2O2S/c1-8(2)7-15(13,14)12-10-5-3-9(11)4-6-10/h8-10,12H,3-7,11H2,1-2H3/t9-,10-. The molecule has 0 atom stereocenters. The van der Waals surface area contributed by atoms with Gasteiger partial charge in [0.25, 0.3) is 0 Å². The Labute approximate surface area is 92.7 Å². The van der Waals surface area contributed by atoms with E-state index in [1.54, 1.807) is 0 Å². The van der Waals surface area contributed by atoms with Gasteiger partial charge in [0.2, 0.25) is 10.0 Å². The quantitative estimate of drug-likeness (QED) is 0.757. The van der Waals surface area contributed by atoms with Crippen molar-refractivity contribution in [2.75, 3.05) is 5.75 Å². The van der Waals surface area contributed by atoms with E-state index in [0.717, 1.165) is 25.7 Å². The second kappa shape index (κ2) is 5.27. The highest BCUT2D eigenvalue weighted by molar-refractivity contribution is 7.89. The van der Waals surface area contributed by atoms with Crippen LogP contribution >= 0.6 is 0 Å². The van der Waals surface area contributed by atoms with Gasteiger partial charge >= 0.3 is 0 Å². The topological polar surface area (TPSA) is 72.2 Å². The first-order chi connectivity index (χ1) is 6.89. The molecule has 1 aliphatic rings. The summed E-state index contributed by atoms with van der Waals surface area (Å²) in [4.78, 5) is 0. The summed E-state index contributed by atoms with van der Waals surface area (Å²) >= 11 is 0. The Morgan fingerprint density at radius 1 is 1.27 bits per heavy atom. The smallest absolute Gasteiger partial charge is 0.212 e. The first kappa shape index (κ1) is 12.9. The molecule has 0 aromatic rings. The number of hydrogen-bond acceptors (Lipinski definition) is 3. The molecule has 0 radical (unpaired) electrons. The van der Waals surface area contributed by atoms with Crippen LogP contribution in [0.25, 0.3) is 0 Å². The minimum atomic E-state index is -3.09. The zero-order valence-corrected chi connectivity index (χ0v) is 10.4. The van der Waals surface area contributed by atoms with Gasteiger partial charge in [-0.1, -0.05) is 13.8 Å². The third-order valence-electron chi connectivity index (χ3n) is 2.67. The number of rotatable bonds is 4. The van der Waals surface area contributed by atoms with Crippen LogP contribution in [-0.4, -0.2) is 26.3 Å². The van der Waals surface area contributed by atoms with Crippen LogP contribution < -0.4 is 10.5 Å². The summed E-state index contributed by atoms with van der Waals surface area (Å²) in [5.41, 5.74) is 5.76. The fourth-order valence-electron chi connectivity index (χ4n) is 1.98. The van der Waals surface area contributed by atoms with Gasteiger partial charge < -0.3 is 5.73 Å². The maximum atomic E-state index is 11.6. The molecule has 0 aliphatic heterocycles. The molecule has 1 aliphatic carbocycles. The third kappa shape index (κ3) is 4.95. The molecule has 4 nitrogen and oxygen atoms in total. The van der Waals surface area contributed by atoms with Gasteiger partial charge in [0.1, 0.15) is 0 Å². The summed E-state index contributed by atoms with van der Waals surface area (Å²) in [7, 11) is -3.09. The first-order valence-corrected chi connectivity index (χ1v) is 7.30. The fourth-order valence-corrected chi connectivity index (χ4v) is 3.70. The van der Waals surface area contributed by atoms with Gasteiger partial charge in [-0.15, -0.1) is 0 Å². The van der Waals surface area contributed by atoms with Crippen molar-refractivity contribution in [3.63, 3.8) is 0 Å². The van der Waals surface area contributed by atoms with E-state index in [0.29, 0.717) is 0 Å². The van der Waals surface area contributed by atoms with Crippen molar-refractivity contribution in [1.29, 1.82) is 0 Å². The lowest BCUT2D eigenvalue weighted by atomic mass is 9.93. The molecule has 0 aromatic heterocycles. The van der Waals surface area contributed by atoms with E-state index in [4.69, 9.17) is 5.73 Å². The highest BCUT2D eigenvalue weighted by Gasteiger charge is 2.23. The second-order valence-corrected chi connectivity index (χ2v) is 6.70. The molecular formula is C10H22N2O2S. The zero-order chi connectivity index (χ0) is 11.5. The van der Waals surface area contributed by atoms with Gasteiger partial charge in [-0.3, -0.25) is 0 Å². The maximum absolute atomic E-state index is 11.6. The van der Waals surface area contributed by atoms with E-state index in [1.807, 2.05) is 13.8 Å². The van der Waals surface area contributed by atoms with Crippen molar-refractivity contribution in [3.8, 4) is 0 Å². The van der Waals surface area contributed by atoms with Crippen LogP contribution in [0, 0.1) is 5.92 Å². The number of sulfonamides is 1. The van der Waals surface area contributed by atoms with Gasteiger partial charge in [0.05, 0.1) is 5.75 Å². The molecule has 5 heteroatoms. The molecular weight excluding hydrogens is 212 g/mol. The minimum Gasteiger partial charge on any atom is -0.328 e. The average molecular weight is 234 g/mol. The molecule has 0 spiro atoms. The SMILES string of the molecule is CC(C)CS(=O)(=O)N[C@H]1CC[C@H](N)CC1. The van der Waals surface area contributed by atoms with E-state index in [-0.39, 0.29) is 23.8 Å². The Kier molecular flexibility index (Phi) is 4.55. The Morgan fingerprint density at radius 2 is 1.80 bits per heavy atom. The van der Waals surface area contributed by atoms with Crippen molar-refractivity contribution in [2.24, 2.45) is 11.7 Å². The third-order valence-corrected chi connectivity index (χ3v) is 4.47. The molecule has 90 valence electrons. The second-order valence-electron chi connectivity index (χ2n) is 4.90. The van der Waals surface area contributed by atoms with Gasteiger partial charge in [0, 0.05) is 12.1 Å². The van der Waals surface area contributed by atoms with Crippen molar-refractivity contribution < 1.29 is 8.42 Å². The number of nitrogens with two attached hydrogens (primary N) is 1. The largest absolute Gasteiger partial charge is 0.328 e. The van der Waals surface area contributed by atoms with Crippen molar-refractivity contribution in [1.82, 2.24) is 4.72 Å². The molecule has 15 heavy (non-hydrogen) atoms. The van der Waals surface area contributed by atoms with E-state index in [2.05, 4.69) is 4.72 Å². The van der Waals surface area contributed by atoms with E-state index in [9.17, 15) is 8.42 Å². The molecule has 0 saturated heterocycles. The molecule has 1 fully saturated rings. The summed E-state index contributed by atoms with van der Waals surface area (Å²) < 4.78 is 26.1. The van der Waals surface area contributed by atoms with E-state index < -0.39 is 10.0 Å². The molecule has 1 saturated carbocycles. The van der Waals surface area contributed by atoms with Crippen LogP contribution in [0.4, 0.5) is 0 Å². The lowest BCUT2D eigenvalue weighted by Gasteiger charge is -2.26. The highest BCUT2D eigenvalue weighted by Crippen LogP contribution is 2.17. The molecule has 3 N–H and O–H groups in total. The summed E-state index contributed by atoms with van der Waals surface area (Å²) in [6.07, 6.45) is 3.60. The van der Waals surface area contributed by atoms with Crippen LogP contribution in [0.15, 0.2) is 0 Å². The van der Waals surface area contributed by atoms with Crippen molar-refractivity contribution in [3.05, 3.63) is 0 Å². The summed E-state index contributed by atoms with van der Waals surface area (Å²) in [5, 5.41) is 0. The maximum Gasteiger partial charge on any atom is 0.212 e. The Morgan fingerprint density at radius 3 is 2.27 bits per heavy atom. The van der Waals surface area contributed by atoms with E-state index in [1.165, 1.54) is 0 Å². The van der Waals surface area contributed by atoms with Crippen molar-refractivity contribution in [2.45, 2.75) is 51.6 Å². The lowest BCUT2D eigenvalue weighted by Crippen LogP contribution is -2.41. The molecule has 0 unspecified atom stereocenters. The molecule has 1 rings (SSSR count). The molecule has 0 heterocycles. The van der Waals surface area contributed by atoms with Crippen LogP contribution in [-0.2, 0) is 10.0 Å². The predicted octanol–water partition coefficient (Wildman–Crippen LogP) is 0.832. The monoisotopic (exact) mass is 234 g/mol. The van der Waals surface area contributed by atoms with Crippen LogP contribution in [0.1, 0.15) is 39.5 Å². The van der Waals surface area contributed by atoms with Gasteiger partial charge in [-0.05, 0) is 31.6 Å². The van der Waals surface area contributed by atoms with Crippen molar-refractivity contribution >= 4 is 10.0 Å².